The number of aryl methyl sites for hydroxylation is 1. The van der Waals surface area contributed by atoms with Gasteiger partial charge in [0.25, 0.3) is 0 Å². The van der Waals surface area contributed by atoms with Crippen molar-refractivity contribution in [2.45, 2.75) is 32.6 Å². The molecule has 0 aliphatic heterocycles. The van der Waals surface area contributed by atoms with Gasteiger partial charge in [-0.1, -0.05) is 24.6 Å². The Morgan fingerprint density at radius 2 is 2.06 bits per heavy atom. The molecular weight excluding hydrogens is 210 g/mol. The summed E-state index contributed by atoms with van der Waals surface area (Å²) in [7, 11) is 0. The molecule has 1 aromatic rings. The van der Waals surface area contributed by atoms with Gasteiger partial charge in [-0.2, -0.15) is 0 Å². The van der Waals surface area contributed by atoms with Crippen LogP contribution in [0.2, 0.25) is 0 Å². The van der Waals surface area contributed by atoms with Crippen molar-refractivity contribution in [1.82, 2.24) is 0 Å². The van der Waals surface area contributed by atoms with E-state index < -0.39 is 0 Å². The third-order valence-corrected chi connectivity index (χ3v) is 4.48. The fourth-order valence-electron chi connectivity index (χ4n) is 3.50. The highest BCUT2D eigenvalue weighted by atomic mass is 16.1. The number of amides is 1. The van der Waals surface area contributed by atoms with Crippen molar-refractivity contribution in [3.63, 3.8) is 0 Å². The molecule has 2 nitrogen and oxygen atoms in total. The first-order valence-electron chi connectivity index (χ1n) is 6.60. The molecule has 0 heterocycles. The van der Waals surface area contributed by atoms with Crippen molar-refractivity contribution in [3.8, 4) is 0 Å². The lowest BCUT2D eigenvalue weighted by Crippen LogP contribution is -2.27. The summed E-state index contributed by atoms with van der Waals surface area (Å²) in [6.07, 6.45) is 5.00. The number of anilines is 1. The van der Waals surface area contributed by atoms with Crippen LogP contribution in [-0.4, -0.2) is 5.91 Å². The smallest absolute Gasteiger partial charge is 0.227 e. The van der Waals surface area contributed by atoms with Gasteiger partial charge in [0.05, 0.1) is 0 Å². The number of carbonyl (C=O) groups is 1. The Bertz CT molecular complexity index is 440. The molecule has 2 saturated carbocycles. The maximum Gasteiger partial charge on any atom is 0.227 e. The first-order valence-corrected chi connectivity index (χ1v) is 6.60. The Morgan fingerprint density at radius 3 is 2.71 bits per heavy atom. The zero-order valence-electron chi connectivity index (χ0n) is 10.3. The van der Waals surface area contributed by atoms with E-state index in [4.69, 9.17) is 0 Å². The number of carbonyl (C=O) groups excluding carboxylic acids is 1. The van der Waals surface area contributed by atoms with Crippen LogP contribution in [0.15, 0.2) is 24.3 Å². The van der Waals surface area contributed by atoms with Gasteiger partial charge in [0.1, 0.15) is 0 Å². The average molecular weight is 229 g/mol. The standard InChI is InChI=1S/C15H19NO/c1-10-4-2-3-5-14(10)16-15(17)13-9-11-6-7-12(13)8-11/h2-5,11-13H,6-9H2,1H3,(H,16,17)/t11-,12-,13-/m1/s1. The second kappa shape index (κ2) is 4.17. The second-order valence-electron chi connectivity index (χ2n) is 5.59. The molecule has 1 amide bonds. The van der Waals surface area contributed by atoms with Gasteiger partial charge in [-0.25, -0.2) is 0 Å². The van der Waals surface area contributed by atoms with Crippen molar-refractivity contribution in [2.75, 3.05) is 5.32 Å². The Kier molecular flexibility index (Phi) is 2.65. The van der Waals surface area contributed by atoms with Crippen molar-refractivity contribution in [2.24, 2.45) is 17.8 Å². The van der Waals surface area contributed by atoms with Gasteiger partial charge in [-0.05, 0) is 49.7 Å². The van der Waals surface area contributed by atoms with E-state index in [1.165, 1.54) is 19.3 Å². The molecule has 0 unspecified atom stereocenters. The van der Waals surface area contributed by atoms with E-state index >= 15 is 0 Å². The summed E-state index contributed by atoms with van der Waals surface area (Å²) in [5.74, 6) is 2.00. The highest BCUT2D eigenvalue weighted by Gasteiger charge is 2.42. The molecule has 1 N–H and O–H groups in total. The number of rotatable bonds is 2. The molecule has 1 aromatic carbocycles. The third-order valence-electron chi connectivity index (χ3n) is 4.48. The predicted octanol–water partition coefficient (Wildman–Crippen LogP) is 3.37. The van der Waals surface area contributed by atoms with Crippen LogP contribution in [0.5, 0.6) is 0 Å². The highest BCUT2D eigenvalue weighted by molar-refractivity contribution is 5.93. The fourth-order valence-corrected chi connectivity index (χ4v) is 3.50. The number of hydrogen-bond donors (Lipinski definition) is 1. The van der Waals surface area contributed by atoms with Gasteiger partial charge < -0.3 is 5.32 Å². The summed E-state index contributed by atoms with van der Waals surface area (Å²) in [5, 5.41) is 3.10. The molecule has 0 saturated heterocycles. The molecule has 2 heteroatoms. The molecular formula is C15H19NO. The topological polar surface area (TPSA) is 29.1 Å². The van der Waals surface area contributed by atoms with Crippen molar-refractivity contribution < 1.29 is 4.79 Å². The Labute approximate surface area is 102 Å². The molecule has 2 aliphatic carbocycles. The van der Waals surface area contributed by atoms with Crippen LogP contribution in [-0.2, 0) is 4.79 Å². The van der Waals surface area contributed by atoms with E-state index in [1.807, 2.05) is 31.2 Å². The van der Waals surface area contributed by atoms with E-state index in [-0.39, 0.29) is 11.8 Å². The van der Waals surface area contributed by atoms with Crippen molar-refractivity contribution in [3.05, 3.63) is 29.8 Å². The van der Waals surface area contributed by atoms with Gasteiger partial charge in [0.2, 0.25) is 5.91 Å². The van der Waals surface area contributed by atoms with E-state index in [0.29, 0.717) is 5.92 Å². The Balaban J connectivity index is 1.70. The van der Waals surface area contributed by atoms with Crippen molar-refractivity contribution >= 4 is 11.6 Å². The van der Waals surface area contributed by atoms with Crippen LogP contribution in [0.3, 0.4) is 0 Å². The first kappa shape index (κ1) is 10.8. The minimum Gasteiger partial charge on any atom is -0.326 e. The van der Waals surface area contributed by atoms with E-state index in [1.54, 1.807) is 0 Å². The highest BCUT2D eigenvalue weighted by Crippen LogP contribution is 2.48. The van der Waals surface area contributed by atoms with Crippen LogP contribution < -0.4 is 5.32 Å². The van der Waals surface area contributed by atoms with Gasteiger partial charge in [-0.3, -0.25) is 4.79 Å². The largest absolute Gasteiger partial charge is 0.326 e. The van der Waals surface area contributed by atoms with Gasteiger partial charge in [0.15, 0.2) is 0 Å². The fraction of sp³-hybridized carbons (Fsp3) is 0.533. The van der Waals surface area contributed by atoms with Gasteiger partial charge in [-0.15, -0.1) is 0 Å². The van der Waals surface area contributed by atoms with Crippen molar-refractivity contribution in [1.29, 1.82) is 0 Å². The van der Waals surface area contributed by atoms with E-state index in [0.717, 1.165) is 23.6 Å². The molecule has 2 aliphatic rings. The lowest BCUT2D eigenvalue weighted by atomic mass is 9.88. The Morgan fingerprint density at radius 1 is 1.24 bits per heavy atom. The molecule has 3 atom stereocenters. The Hall–Kier alpha value is -1.31. The van der Waals surface area contributed by atoms with Crippen LogP contribution in [0, 0.1) is 24.7 Å². The normalized spacial score (nSPS) is 30.5. The summed E-state index contributed by atoms with van der Waals surface area (Å²) in [5.41, 5.74) is 2.12. The second-order valence-corrected chi connectivity index (χ2v) is 5.59. The number of para-hydroxylation sites is 1. The van der Waals surface area contributed by atoms with Crippen LogP contribution in [0.1, 0.15) is 31.2 Å². The number of hydrogen-bond acceptors (Lipinski definition) is 1. The first-order chi connectivity index (χ1) is 8.24. The molecule has 2 bridgehead atoms. The van der Waals surface area contributed by atoms with Crippen LogP contribution >= 0.6 is 0 Å². The minimum atomic E-state index is 0.242. The maximum absolute atomic E-state index is 12.2. The molecule has 0 aromatic heterocycles. The lowest BCUT2D eigenvalue weighted by molar-refractivity contribution is -0.121. The maximum atomic E-state index is 12.2. The molecule has 17 heavy (non-hydrogen) atoms. The summed E-state index contributed by atoms with van der Waals surface area (Å²) >= 11 is 0. The number of benzene rings is 1. The van der Waals surface area contributed by atoms with Gasteiger partial charge in [0, 0.05) is 11.6 Å². The summed E-state index contributed by atoms with van der Waals surface area (Å²) in [6, 6.07) is 8.00. The molecule has 3 rings (SSSR count). The van der Waals surface area contributed by atoms with Crippen LogP contribution in [0.4, 0.5) is 5.69 Å². The summed E-state index contributed by atoms with van der Waals surface area (Å²) in [4.78, 5) is 12.2. The van der Waals surface area contributed by atoms with Crippen LogP contribution in [0.25, 0.3) is 0 Å². The minimum absolute atomic E-state index is 0.242. The lowest BCUT2D eigenvalue weighted by Gasteiger charge is -2.21. The number of fused-ring (bicyclic) bond motifs is 2. The zero-order valence-corrected chi connectivity index (χ0v) is 10.3. The monoisotopic (exact) mass is 229 g/mol. The van der Waals surface area contributed by atoms with E-state index in [9.17, 15) is 4.79 Å². The SMILES string of the molecule is Cc1ccccc1NC(=O)[C@@H]1C[C@@H]2CC[C@@H]1C2. The molecule has 0 spiro atoms. The summed E-state index contributed by atoms with van der Waals surface area (Å²) < 4.78 is 0. The molecule has 2 fully saturated rings. The van der Waals surface area contributed by atoms with E-state index in [2.05, 4.69) is 5.32 Å². The number of nitrogens with one attached hydrogen (secondary N) is 1. The average Bonchev–Trinajstić information content (AvgIpc) is 2.94. The summed E-state index contributed by atoms with van der Waals surface area (Å²) in [6.45, 7) is 2.04. The van der Waals surface area contributed by atoms with Gasteiger partial charge >= 0.3 is 0 Å². The third kappa shape index (κ3) is 1.97. The quantitative estimate of drug-likeness (QED) is 0.827. The molecule has 0 radical (unpaired) electrons. The predicted molar refractivity (Wildman–Crippen MR) is 68.7 cm³/mol. The zero-order chi connectivity index (χ0) is 11.8. The molecule has 90 valence electrons.